The Balaban J connectivity index is 0.912. The van der Waals surface area contributed by atoms with Gasteiger partial charge in [0, 0.05) is 17.1 Å². The third-order valence-corrected chi connectivity index (χ3v) is 14.1. The summed E-state index contributed by atoms with van der Waals surface area (Å²) in [5.74, 6) is 0. The summed E-state index contributed by atoms with van der Waals surface area (Å²) in [6, 6.07) is 100.0. The van der Waals surface area contributed by atoms with E-state index in [9.17, 15) is 0 Å². The Labute approximate surface area is 402 Å². The second kappa shape index (κ2) is 17.0. The maximum absolute atomic E-state index is 2.38. The van der Waals surface area contributed by atoms with Gasteiger partial charge in [0.1, 0.15) is 0 Å². The van der Waals surface area contributed by atoms with Crippen LogP contribution in [-0.4, -0.2) is 0 Å². The van der Waals surface area contributed by atoms with Gasteiger partial charge in [-0.2, -0.15) is 0 Å². The molecule has 0 saturated carbocycles. The molecule has 322 valence electrons. The summed E-state index contributed by atoms with van der Waals surface area (Å²) >= 11 is 0. The molecule has 0 atom stereocenters. The Morgan fingerprint density at radius 2 is 0.478 bits per heavy atom. The van der Waals surface area contributed by atoms with Gasteiger partial charge in [-0.05, 0) is 158 Å². The second-order valence-electron chi connectivity index (χ2n) is 18.0. The smallest absolute Gasteiger partial charge is 0.0462 e. The highest BCUT2D eigenvalue weighted by molar-refractivity contribution is 6.16. The predicted molar refractivity (Wildman–Crippen MR) is 296 cm³/mol. The Morgan fingerprint density at radius 3 is 0.928 bits per heavy atom. The van der Waals surface area contributed by atoms with Gasteiger partial charge in [0.05, 0.1) is 0 Å². The molecule has 1 nitrogen and oxygen atoms in total. The Morgan fingerprint density at radius 1 is 0.174 bits per heavy atom. The molecule has 0 heterocycles. The van der Waals surface area contributed by atoms with Crippen LogP contribution in [0.15, 0.2) is 273 Å². The van der Waals surface area contributed by atoms with E-state index in [-0.39, 0.29) is 0 Å². The fraction of sp³-hybridized carbons (Fsp3) is 0. The van der Waals surface area contributed by atoms with Crippen molar-refractivity contribution in [2.24, 2.45) is 0 Å². The van der Waals surface area contributed by atoms with Crippen molar-refractivity contribution in [2.45, 2.75) is 0 Å². The van der Waals surface area contributed by atoms with Gasteiger partial charge in [-0.25, -0.2) is 0 Å². The maximum atomic E-state index is 2.38. The molecule has 0 aliphatic carbocycles. The Kier molecular flexibility index (Phi) is 9.91. The summed E-state index contributed by atoms with van der Waals surface area (Å²) in [6.07, 6.45) is 0. The van der Waals surface area contributed by atoms with Crippen LogP contribution in [0.4, 0.5) is 17.1 Å². The summed E-state index contributed by atoms with van der Waals surface area (Å²) in [4.78, 5) is 2.38. The van der Waals surface area contributed by atoms with Gasteiger partial charge in [0.25, 0.3) is 0 Å². The van der Waals surface area contributed by atoms with Crippen LogP contribution in [0.1, 0.15) is 0 Å². The molecule has 0 radical (unpaired) electrons. The van der Waals surface area contributed by atoms with Gasteiger partial charge < -0.3 is 4.90 Å². The van der Waals surface area contributed by atoms with E-state index in [1.807, 2.05) is 0 Å². The van der Waals surface area contributed by atoms with Crippen molar-refractivity contribution in [3.63, 3.8) is 0 Å². The van der Waals surface area contributed by atoms with Crippen molar-refractivity contribution in [3.05, 3.63) is 273 Å². The number of fused-ring (bicyclic) bond motifs is 7. The van der Waals surface area contributed by atoms with E-state index in [2.05, 4.69) is 278 Å². The van der Waals surface area contributed by atoms with Gasteiger partial charge in [-0.3, -0.25) is 0 Å². The van der Waals surface area contributed by atoms with Crippen LogP contribution in [0.3, 0.4) is 0 Å². The standard InChI is InChI=1S/C68H45N/c1-4-20-55-46(16-1)19-15-31-56(55)47-32-38-52(39-33-47)69(53-40-34-48(35-41-53)57-21-7-9-27-63(57)67-44-50-17-2-5-23-59(50)61-25-11-13-29-65(61)67)54-42-36-49(37-43-54)58-22-8-10-28-64(58)68-45-51-18-3-6-24-60(51)62-26-12-14-30-66(62)68/h1-45H. The van der Waals surface area contributed by atoms with E-state index in [0.29, 0.717) is 0 Å². The molecule has 0 amide bonds. The van der Waals surface area contributed by atoms with Crippen LogP contribution >= 0.6 is 0 Å². The van der Waals surface area contributed by atoms with Gasteiger partial charge in [0.2, 0.25) is 0 Å². The summed E-state index contributed by atoms with van der Waals surface area (Å²) in [5, 5.41) is 12.6. The molecule has 0 bridgehead atoms. The van der Waals surface area contributed by atoms with E-state index in [4.69, 9.17) is 0 Å². The number of hydrogen-bond donors (Lipinski definition) is 0. The normalized spacial score (nSPS) is 11.5. The van der Waals surface area contributed by atoms with E-state index in [1.54, 1.807) is 0 Å². The molecule has 0 fully saturated rings. The van der Waals surface area contributed by atoms with Gasteiger partial charge in [0.15, 0.2) is 0 Å². The molecule has 0 saturated heterocycles. The highest BCUT2D eigenvalue weighted by atomic mass is 15.1. The van der Waals surface area contributed by atoms with Crippen molar-refractivity contribution >= 4 is 70.9 Å². The van der Waals surface area contributed by atoms with Gasteiger partial charge in [-0.1, -0.05) is 224 Å². The molecule has 0 aromatic heterocycles. The minimum Gasteiger partial charge on any atom is -0.311 e. The third-order valence-electron chi connectivity index (χ3n) is 14.1. The van der Waals surface area contributed by atoms with Crippen LogP contribution < -0.4 is 4.90 Å². The average molecular weight is 876 g/mol. The monoisotopic (exact) mass is 875 g/mol. The summed E-state index contributed by atoms with van der Waals surface area (Å²) in [6.45, 7) is 0. The van der Waals surface area contributed by atoms with Crippen LogP contribution in [-0.2, 0) is 0 Å². The van der Waals surface area contributed by atoms with Crippen LogP contribution in [0, 0.1) is 0 Å². The molecule has 69 heavy (non-hydrogen) atoms. The molecule has 0 spiro atoms. The number of benzene rings is 13. The van der Waals surface area contributed by atoms with Crippen molar-refractivity contribution in [2.75, 3.05) is 4.90 Å². The summed E-state index contributed by atoms with van der Waals surface area (Å²) in [7, 11) is 0. The lowest BCUT2D eigenvalue weighted by Crippen LogP contribution is -2.09. The van der Waals surface area contributed by atoms with E-state index in [1.165, 1.54) is 109 Å². The first-order chi connectivity index (χ1) is 34.2. The van der Waals surface area contributed by atoms with Crippen LogP contribution in [0.5, 0.6) is 0 Å². The summed E-state index contributed by atoms with van der Waals surface area (Å²) < 4.78 is 0. The quantitative estimate of drug-likeness (QED) is 0.138. The fourth-order valence-corrected chi connectivity index (χ4v) is 10.8. The van der Waals surface area contributed by atoms with E-state index < -0.39 is 0 Å². The summed E-state index contributed by atoms with van der Waals surface area (Å²) in [5.41, 5.74) is 15.4. The first-order valence-electron chi connectivity index (χ1n) is 23.8. The zero-order valence-corrected chi connectivity index (χ0v) is 37.9. The number of rotatable bonds is 8. The molecule has 0 N–H and O–H groups in total. The number of hydrogen-bond acceptors (Lipinski definition) is 1. The Hall–Kier alpha value is -9.04. The number of nitrogens with zero attached hydrogens (tertiary/aromatic N) is 1. The lowest BCUT2D eigenvalue weighted by molar-refractivity contribution is 1.28. The van der Waals surface area contributed by atoms with E-state index in [0.717, 1.165) is 17.1 Å². The predicted octanol–water partition coefficient (Wildman–Crippen LogP) is 19.3. The molecular formula is C68H45N. The van der Waals surface area contributed by atoms with E-state index >= 15 is 0 Å². The molecular weight excluding hydrogens is 831 g/mol. The lowest BCUT2D eigenvalue weighted by Gasteiger charge is -2.26. The molecule has 13 aromatic rings. The number of anilines is 3. The molecule has 0 aliphatic heterocycles. The molecule has 0 unspecified atom stereocenters. The van der Waals surface area contributed by atoms with Crippen molar-refractivity contribution in [3.8, 4) is 55.6 Å². The zero-order valence-electron chi connectivity index (χ0n) is 37.9. The van der Waals surface area contributed by atoms with Crippen molar-refractivity contribution in [1.82, 2.24) is 0 Å². The van der Waals surface area contributed by atoms with Crippen molar-refractivity contribution < 1.29 is 0 Å². The van der Waals surface area contributed by atoms with Gasteiger partial charge in [-0.15, -0.1) is 0 Å². The second-order valence-corrected chi connectivity index (χ2v) is 18.0. The van der Waals surface area contributed by atoms with Crippen LogP contribution in [0.25, 0.3) is 109 Å². The first-order valence-corrected chi connectivity index (χ1v) is 23.8. The minimum absolute atomic E-state index is 1.08. The SMILES string of the molecule is c1ccc(-c2cc3ccccc3c3ccccc23)c(-c2ccc(N(c3ccc(-c4ccccc4-c4cc5ccccc5c5ccccc45)cc3)c3ccc(-c4cccc5ccccc45)cc3)cc2)c1. The molecule has 13 aromatic carbocycles. The minimum atomic E-state index is 1.08. The lowest BCUT2D eigenvalue weighted by atomic mass is 9.89. The highest BCUT2D eigenvalue weighted by Crippen LogP contribution is 2.44. The maximum Gasteiger partial charge on any atom is 0.0462 e. The highest BCUT2D eigenvalue weighted by Gasteiger charge is 2.18. The average Bonchev–Trinajstić information content (AvgIpc) is 3.43. The fourth-order valence-electron chi connectivity index (χ4n) is 10.8. The Bertz CT molecular complexity index is 3840. The largest absolute Gasteiger partial charge is 0.311 e. The first kappa shape index (κ1) is 40.3. The van der Waals surface area contributed by atoms with Gasteiger partial charge >= 0.3 is 0 Å². The molecule has 1 heteroatoms. The molecule has 0 aliphatic rings. The zero-order chi connectivity index (χ0) is 45.7. The molecule has 13 rings (SSSR count). The topological polar surface area (TPSA) is 3.24 Å². The van der Waals surface area contributed by atoms with Crippen LogP contribution in [0.2, 0.25) is 0 Å². The van der Waals surface area contributed by atoms with Crippen molar-refractivity contribution in [1.29, 1.82) is 0 Å². The third kappa shape index (κ3) is 7.12.